The minimum Gasteiger partial charge on any atom is -0.371 e. The number of halogens is 1. The van der Waals surface area contributed by atoms with E-state index in [1.165, 1.54) is 5.56 Å². The van der Waals surface area contributed by atoms with E-state index >= 15 is 0 Å². The largest absolute Gasteiger partial charge is 0.371 e. The van der Waals surface area contributed by atoms with Crippen LogP contribution in [0.5, 0.6) is 0 Å². The first-order valence-electron chi connectivity index (χ1n) is 6.35. The monoisotopic (exact) mass is 312 g/mol. The molecule has 1 aliphatic rings. The summed E-state index contributed by atoms with van der Waals surface area (Å²) in [7, 11) is 2.13. The quantitative estimate of drug-likeness (QED) is 0.872. The highest BCUT2D eigenvalue weighted by Gasteiger charge is 2.32. The van der Waals surface area contributed by atoms with Crippen LogP contribution in [0.25, 0.3) is 0 Å². The summed E-state index contributed by atoms with van der Waals surface area (Å²) in [6.45, 7) is 6.82. The summed E-state index contributed by atoms with van der Waals surface area (Å²) >= 11 is 3.50. The van der Waals surface area contributed by atoms with Crippen LogP contribution in [-0.4, -0.2) is 43.8 Å². The van der Waals surface area contributed by atoms with Gasteiger partial charge in [0.25, 0.3) is 0 Å². The van der Waals surface area contributed by atoms with E-state index in [9.17, 15) is 0 Å². The molecular weight excluding hydrogens is 292 g/mol. The third-order valence-electron chi connectivity index (χ3n) is 3.26. The highest BCUT2D eigenvalue weighted by Crippen LogP contribution is 2.15. The topological polar surface area (TPSA) is 24.5 Å². The second-order valence-electron chi connectivity index (χ2n) is 5.27. The van der Waals surface area contributed by atoms with E-state index < -0.39 is 0 Å². The molecule has 0 saturated carbocycles. The summed E-state index contributed by atoms with van der Waals surface area (Å²) in [5.74, 6) is 0. The van der Waals surface area contributed by atoms with Gasteiger partial charge in [-0.1, -0.05) is 28.1 Å². The fourth-order valence-electron chi connectivity index (χ4n) is 2.05. The Balaban J connectivity index is 1.70. The van der Waals surface area contributed by atoms with Crippen molar-refractivity contribution >= 4 is 15.9 Å². The minimum absolute atomic E-state index is 0.0661. The first-order chi connectivity index (χ1) is 8.57. The fraction of sp³-hybridized carbons (Fsp3) is 0.571. The average molecular weight is 313 g/mol. The predicted octanol–water partition coefficient (Wildman–Crippen LogP) is 2.26. The number of nitrogens with one attached hydrogen (secondary N) is 1. The highest BCUT2D eigenvalue weighted by molar-refractivity contribution is 9.10. The number of likely N-dealkylation sites (N-methyl/N-ethyl adjacent to an activating group) is 1. The minimum atomic E-state index is 0.0661. The van der Waals surface area contributed by atoms with E-state index in [1.807, 2.05) is 0 Å². The summed E-state index contributed by atoms with van der Waals surface area (Å²) in [5.41, 5.74) is 1.39. The van der Waals surface area contributed by atoms with Gasteiger partial charge in [0.1, 0.15) is 0 Å². The van der Waals surface area contributed by atoms with Crippen molar-refractivity contribution in [1.82, 2.24) is 10.2 Å². The molecule has 1 aromatic carbocycles. The molecular formula is C14H21BrN2O. The standard InChI is InChI=1S/C14H21BrN2O/c1-14(10-16-11-14)18-7-6-17(2)9-12-4-3-5-13(15)8-12/h3-5,8,16H,6-7,9-11H2,1-2H3. The predicted molar refractivity (Wildman–Crippen MR) is 77.7 cm³/mol. The Morgan fingerprint density at radius 1 is 1.44 bits per heavy atom. The normalized spacial score (nSPS) is 17.8. The van der Waals surface area contributed by atoms with E-state index in [1.54, 1.807) is 0 Å². The lowest BCUT2D eigenvalue weighted by Gasteiger charge is -2.39. The van der Waals surface area contributed by atoms with Crippen molar-refractivity contribution < 1.29 is 4.74 Å². The van der Waals surface area contributed by atoms with E-state index in [2.05, 4.69) is 64.4 Å². The first-order valence-corrected chi connectivity index (χ1v) is 7.14. The van der Waals surface area contributed by atoms with Crippen molar-refractivity contribution in [1.29, 1.82) is 0 Å². The Hall–Kier alpha value is -0.420. The van der Waals surface area contributed by atoms with Gasteiger partial charge in [-0.15, -0.1) is 0 Å². The zero-order valence-electron chi connectivity index (χ0n) is 11.1. The van der Waals surface area contributed by atoms with Crippen LogP contribution in [0.15, 0.2) is 28.7 Å². The van der Waals surface area contributed by atoms with Gasteiger partial charge in [-0.05, 0) is 31.7 Å². The van der Waals surface area contributed by atoms with Gasteiger partial charge in [-0.3, -0.25) is 4.90 Å². The maximum absolute atomic E-state index is 5.88. The molecule has 1 saturated heterocycles. The van der Waals surface area contributed by atoms with Crippen molar-refractivity contribution in [2.75, 3.05) is 33.3 Å². The van der Waals surface area contributed by atoms with Crippen LogP contribution in [0.4, 0.5) is 0 Å². The number of benzene rings is 1. The Morgan fingerprint density at radius 2 is 2.22 bits per heavy atom. The van der Waals surface area contributed by atoms with Crippen molar-refractivity contribution in [2.24, 2.45) is 0 Å². The molecule has 0 unspecified atom stereocenters. The molecule has 4 heteroatoms. The maximum atomic E-state index is 5.88. The molecule has 0 spiro atoms. The van der Waals surface area contributed by atoms with Gasteiger partial charge in [-0.25, -0.2) is 0 Å². The van der Waals surface area contributed by atoms with E-state index in [0.717, 1.165) is 37.3 Å². The number of nitrogens with zero attached hydrogens (tertiary/aromatic N) is 1. The zero-order valence-corrected chi connectivity index (χ0v) is 12.7. The fourth-order valence-corrected chi connectivity index (χ4v) is 2.50. The summed E-state index contributed by atoms with van der Waals surface area (Å²) < 4.78 is 7.02. The van der Waals surface area contributed by atoms with Crippen LogP contribution in [0, 0.1) is 0 Å². The zero-order chi connectivity index (χ0) is 13.0. The summed E-state index contributed by atoms with van der Waals surface area (Å²) in [6, 6.07) is 8.44. The van der Waals surface area contributed by atoms with Gasteiger partial charge in [-0.2, -0.15) is 0 Å². The number of rotatable bonds is 6. The van der Waals surface area contributed by atoms with Crippen molar-refractivity contribution in [3.05, 3.63) is 34.3 Å². The molecule has 18 heavy (non-hydrogen) atoms. The molecule has 0 aromatic heterocycles. The van der Waals surface area contributed by atoms with Crippen LogP contribution in [-0.2, 0) is 11.3 Å². The van der Waals surface area contributed by atoms with Crippen LogP contribution in [0.2, 0.25) is 0 Å². The smallest absolute Gasteiger partial charge is 0.0902 e. The number of hydrogen-bond acceptors (Lipinski definition) is 3. The molecule has 3 nitrogen and oxygen atoms in total. The van der Waals surface area contributed by atoms with Gasteiger partial charge in [0, 0.05) is 30.7 Å². The van der Waals surface area contributed by atoms with Crippen molar-refractivity contribution in [3.63, 3.8) is 0 Å². The Bertz CT molecular complexity index is 393. The van der Waals surface area contributed by atoms with E-state index in [-0.39, 0.29) is 5.60 Å². The van der Waals surface area contributed by atoms with E-state index in [4.69, 9.17) is 4.74 Å². The Morgan fingerprint density at radius 3 is 2.83 bits per heavy atom. The summed E-state index contributed by atoms with van der Waals surface area (Å²) in [6.07, 6.45) is 0. The van der Waals surface area contributed by atoms with Gasteiger partial charge in [0.15, 0.2) is 0 Å². The number of ether oxygens (including phenoxy) is 1. The van der Waals surface area contributed by atoms with Gasteiger partial charge < -0.3 is 10.1 Å². The average Bonchev–Trinajstić information content (AvgIpc) is 2.26. The number of hydrogen-bond donors (Lipinski definition) is 1. The molecule has 0 amide bonds. The van der Waals surface area contributed by atoms with Crippen LogP contribution in [0.3, 0.4) is 0 Å². The second kappa shape index (κ2) is 6.15. The summed E-state index contributed by atoms with van der Waals surface area (Å²) in [4.78, 5) is 2.29. The summed E-state index contributed by atoms with van der Waals surface area (Å²) in [5, 5.41) is 3.24. The van der Waals surface area contributed by atoms with Crippen molar-refractivity contribution in [2.45, 2.75) is 19.1 Å². The molecule has 0 bridgehead atoms. The molecule has 2 rings (SSSR count). The molecule has 1 aliphatic heterocycles. The molecule has 1 fully saturated rings. The maximum Gasteiger partial charge on any atom is 0.0902 e. The van der Waals surface area contributed by atoms with Crippen LogP contribution >= 0.6 is 15.9 Å². The van der Waals surface area contributed by atoms with Gasteiger partial charge >= 0.3 is 0 Å². The molecule has 1 aromatic rings. The third-order valence-corrected chi connectivity index (χ3v) is 3.76. The van der Waals surface area contributed by atoms with Gasteiger partial charge in [0.2, 0.25) is 0 Å². The highest BCUT2D eigenvalue weighted by atomic mass is 79.9. The first kappa shape index (κ1) is 14.0. The van der Waals surface area contributed by atoms with Crippen LogP contribution < -0.4 is 5.32 Å². The molecule has 0 atom stereocenters. The molecule has 100 valence electrons. The lowest BCUT2D eigenvalue weighted by Crippen LogP contribution is -2.59. The SMILES string of the molecule is CN(CCOC1(C)CNC1)Cc1cccc(Br)c1. The molecule has 0 radical (unpaired) electrons. The Kier molecular flexibility index (Phi) is 4.78. The molecule has 1 N–H and O–H groups in total. The molecule has 0 aliphatic carbocycles. The second-order valence-corrected chi connectivity index (χ2v) is 6.19. The van der Waals surface area contributed by atoms with Gasteiger partial charge in [0.05, 0.1) is 12.2 Å². The lowest BCUT2D eigenvalue weighted by molar-refractivity contribution is -0.0712. The van der Waals surface area contributed by atoms with Crippen molar-refractivity contribution in [3.8, 4) is 0 Å². The van der Waals surface area contributed by atoms with Crippen LogP contribution in [0.1, 0.15) is 12.5 Å². The lowest BCUT2D eigenvalue weighted by atomic mass is 10.0. The Labute approximate surface area is 118 Å². The third kappa shape index (κ3) is 4.05. The molecule has 1 heterocycles. The van der Waals surface area contributed by atoms with E-state index in [0.29, 0.717) is 0 Å².